The van der Waals surface area contributed by atoms with E-state index in [-0.39, 0.29) is 17.7 Å². The minimum atomic E-state index is -0.146. The molecule has 0 unspecified atom stereocenters. The standard InChI is InChI=1S/C17H19NO2S/c1-13(11-16(19)15-5-3-2-4-6-15)18-17(20)8-7-14-9-10-21-12-14/h2-6,9-10,12-13H,7-8,11H2,1H3,(H,18,20)/t13-/m1/s1. The van der Waals surface area contributed by atoms with E-state index in [1.165, 1.54) is 5.56 Å². The molecule has 0 saturated carbocycles. The Kier molecular flexibility index (Phi) is 5.69. The lowest BCUT2D eigenvalue weighted by Gasteiger charge is -2.13. The first-order valence-electron chi connectivity index (χ1n) is 7.04. The lowest BCUT2D eigenvalue weighted by atomic mass is 10.0. The maximum atomic E-state index is 12.0. The second-order valence-corrected chi connectivity index (χ2v) is 5.87. The highest BCUT2D eigenvalue weighted by Gasteiger charge is 2.13. The third-order valence-corrected chi connectivity index (χ3v) is 3.95. The fourth-order valence-electron chi connectivity index (χ4n) is 2.11. The Morgan fingerprint density at radius 3 is 2.62 bits per heavy atom. The molecule has 0 aliphatic carbocycles. The van der Waals surface area contributed by atoms with Crippen molar-refractivity contribution in [1.29, 1.82) is 0 Å². The van der Waals surface area contributed by atoms with E-state index < -0.39 is 0 Å². The summed E-state index contributed by atoms with van der Waals surface area (Å²) < 4.78 is 0. The van der Waals surface area contributed by atoms with Gasteiger partial charge in [-0.2, -0.15) is 11.3 Å². The molecule has 0 aliphatic rings. The number of carbonyl (C=O) groups excluding carboxylic acids is 2. The van der Waals surface area contributed by atoms with Gasteiger partial charge in [-0.1, -0.05) is 30.3 Å². The van der Waals surface area contributed by atoms with Crippen LogP contribution in [0.15, 0.2) is 47.2 Å². The smallest absolute Gasteiger partial charge is 0.220 e. The summed E-state index contributed by atoms with van der Waals surface area (Å²) in [6.45, 7) is 1.86. The molecular formula is C17H19NO2S. The van der Waals surface area contributed by atoms with Crippen LogP contribution in [0.5, 0.6) is 0 Å². The number of benzene rings is 1. The van der Waals surface area contributed by atoms with E-state index in [0.29, 0.717) is 18.4 Å². The summed E-state index contributed by atoms with van der Waals surface area (Å²) in [6, 6.07) is 11.1. The second-order valence-electron chi connectivity index (χ2n) is 5.09. The van der Waals surface area contributed by atoms with Gasteiger partial charge in [0.2, 0.25) is 5.91 Å². The van der Waals surface area contributed by atoms with E-state index in [9.17, 15) is 9.59 Å². The van der Waals surface area contributed by atoms with Crippen molar-refractivity contribution in [3.63, 3.8) is 0 Å². The normalized spacial score (nSPS) is 11.9. The van der Waals surface area contributed by atoms with E-state index in [1.807, 2.05) is 36.6 Å². The molecule has 0 radical (unpaired) electrons. The number of ketones is 1. The molecule has 1 aromatic carbocycles. The Morgan fingerprint density at radius 1 is 1.19 bits per heavy atom. The Bertz CT molecular complexity index is 578. The molecule has 0 spiro atoms. The molecule has 0 bridgehead atoms. The average Bonchev–Trinajstić information content (AvgIpc) is 2.99. The zero-order chi connectivity index (χ0) is 15.1. The molecule has 2 aromatic rings. The van der Waals surface area contributed by atoms with Crippen LogP contribution < -0.4 is 5.32 Å². The first-order valence-corrected chi connectivity index (χ1v) is 7.98. The summed E-state index contributed by atoms with van der Waals surface area (Å²) in [4.78, 5) is 23.9. The zero-order valence-corrected chi connectivity index (χ0v) is 12.9. The maximum Gasteiger partial charge on any atom is 0.220 e. The molecule has 0 fully saturated rings. The largest absolute Gasteiger partial charge is 0.353 e. The Morgan fingerprint density at radius 2 is 1.95 bits per heavy atom. The van der Waals surface area contributed by atoms with Gasteiger partial charge in [0.1, 0.15) is 0 Å². The molecule has 4 heteroatoms. The molecule has 1 atom stereocenters. The number of amides is 1. The van der Waals surface area contributed by atoms with Crippen molar-refractivity contribution in [3.8, 4) is 0 Å². The van der Waals surface area contributed by atoms with Gasteiger partial charge in [-0.3, -0.25) is 9.59 Å². The fraction of sp³-hybridized carbons (Fsp3) is 0.294. The summed E-state index contributed by atoms with van der Waals surface area (Å²) in [5.41, 5.74) is 1.88. The van der Waals surface area contributed by atoms with Gasteiger partial charge in [-0.15, -0.1) is 0 Å². The van der Waals surface area contributed by atoms with Gasteiger partial charge in [0, 0.05) is 24.4 Å². The van der Waals surface area contributed by atoms with E-state index in [2.05, 4.69) is 10.7 Å². The zero-order valence-electron chi connectivity index (χ0n) is 12.0. The van der Waals surface area contributed by atoms with Gasteiger partial charge < -0.3 is 5.32 Å². The van der Waals surface area contributed by atoms with Crippen LogP contribution in [0.4, 0.5) is 0 Å². The molecule has 0 saturated heterocycles. The molecular weight excluding hydrogens is 282 g/mol. The highest BCUT2D eigenvalue weighted by molar-refractivity contribution is 7.07. The highest BCUT2D eigenvalue weighted by atomic mass is 32.1. The number of nitrogens with one attached hydrogen (secondary N) is 1. The van der Waals surface area contributed by atoms with Crippen molar-refractivity contribution in [1.82, 2.24) is 5.32 Å². The number of hydrogen-bond acceptors (Lipinski definition) is 3. The summed E-state index contributed by atoms with van der Waals surface area (Å²) >= 11 is 1.63. The Hall–Kier alpha value is -1.94. The van der Waals surface area contributed by atoms with Crippen molar-refractivity contribution in [3.05, 3.63) is 58.3 Å². The number of carbonyl (C=O) groups is 2. The van der Waals surface area contributed by atoms with Gasteiger partial charge in [-0.25, -0.2) is 0 Å². The predicted octanol–water partition coefficient (Wildman–Crippen LogP) is 3.46. The van der Waals surface area contributed by atoms with Crippen LogP contribution in [0, 0.1) is 0 Å². The van der Waals surface area contributed by atoms with Crippen LogP contribution in [0.25, 0.3) is 0 Å². The van der Waals surface area contributed by atoms with Crippen LogP contribution in [0.3, 0.4) is 0 Å². The highest BCUT2D eigenvalue weighted by Crippen LogP contribution is 2.09. The predicted molar refractivity (Wildman–Crippen MR) is 85.6 cm³/mol. The molecule has 1 heterocycles. The third-order valence-electron chi connectivity index (χ3n) is 3.22. The van der Waals surface area contributed by atoms with Crippen molar-refractivity contribution in [2.45, 2.75) is 32.2 Å². The topological polar surface area (TPSA) is 46.2 Å². The molecule has 1 aromatic heterocycles. The molecule has 110 valence electrons. The number of thiophene rings is 1. The maximum absolute atomic E-state index is 12.0. The number of rotatable bonds is 7. The van der Waals surface area contributed by atoms with Crippen molar-refractivity contribution in [2.75, 3.05) is 0 Å². The Labute approximate surface area is 129 Å². The Balaban J connectivity index is 1.74. The summed E-state index contributed by atoms with van der Waals surface area (Å²) in [5, 5.41) is 6.95. The lowest BCUT2D eigenvalue weighted by molar-refractivity contribution is -0.121. The lowest BCUT2D eigenvalue weighted by Crippen LogP contribution is -2.34. The van der Waals surface area contributed by atoms with Crippen LogP contribution in [-0.2, 0) is 11.2 Å². The summed E-state index contributed by atoms with van der Waals surface area (Å²) in [5.74, 6) is 0.0517. The quantitative estimate of drug-likeness (QED) is 0.796. The molecule has 0 aliphatic heterocycles. The molecule has 1 N–H and O–H groups in total. The van der Waals surface area contributed by atoms with Gasteiger partial charge in [0.25, 0.3) is 0 Å². The molecule has 2 rings (SSSR count). The second kappa shape index (κ2) is 7.74. The van der Waals surface area contributed by atoms with E-state index in [4.69, 9.17) is 0 Å². The van der Waals surface area contributed by atoms with Gasteiger partial charge in [0.15, 0.2) is 5.78 Å². The molecule has 3 nitrogen and oxygen atoms in total. The van der Waals surface area contributed by atoms with Crippen molar-refractivity contribution < 1.29 is 9.59 Å². The van der Waals surface area contributed by atoms with Crippen LogP contribution in [0.1, 0.15) is 35.7 Å². The van der Waals surface area contributed by atoms with Gasteiger partial charge >= 0.3 is 0 Å². The van der Waals surface area contributed by atoms with Crippen molar-refractivity contribution >= 4 is 23.0 Å². The first kappa shape index (κ1) is 15.4. The average molecular weight is 301 g/mol. The van der Waals surface area contributed by atoms with Crippen molar-refractivity contribution in [2.24, 2.45) is 0 Å². The molecule has 1 amide bonds. The number of hydrogen-bond donors (Lipinski definition) is 1. The van der Waals surface area contributed by atoms with E-state index in [0.717, 1.165) is 6.42 Å². The monoisotopic (exact) mass is 301 g/mol. The number of aryl methyl sites for hydroxylation is 1. The van der Waals surface area contributed by atoms with Gasteiger partial charge in [-0.05, 0) is 35.7 Å². The van der Waals surface area contributed by atoms with Crippen LogP contribution in [-0.4, -0.2) is 17.7 Å². The van der Waals surface area contributed by atoms with E-state index in [1.54, 1.807) is 23.5 Å². The SMILES string of the molecule is C[C@H](CC(=O)c1ccccc1)NC(=O)CCc1ccsc1. The van der Waals surface area contributed by atoms with Crippen LogP contribution >= 0.6 is 11.3 Å². The fourth-order valence-corrected chi connectivity index (χ4v) is 2.81. The first-order chi connectivity index (χ1) is 10.1. The summed E-state index contributed by atoms with van der Waals surface area (Å²) in [7, 11) is 0. The molecule has 21 heavy (non-hydrogen) atoms. The van der Waals surface area contributed by atoms with Gasteiger partial charge in [0.05, 0.1) is 0 Å². The minimum absolute atomic E-state index is 0.00504. The van der Waals surface area contributed by atoms with E-state index >= 15 is 0 Å². The number of Topliss-reactive ketones (excluding diaryl/α,β-unsaturated/α-hetero) is 1. The minimum Gasteiger partial charge on any atom is -0.353 e. The third kappa shape index (κ3) is 5.16. The summed E-state index contributed by atoms with van der Waals surface area (Å²) in [6.07, 6.45) is 1.53. The van der Waals surface area contributed by atoms with Crippen LogP contribution in [0.2, 0.25) is 0 Å².